The number of aromatic nitrogens is 2. The number of rotatable bonds is 4. The van der Waals surface area contributed by atoms with Gasteiger partial charge in [-0.15, -0.1) is 0 Å². The van der Waals surface area contributed by atoms with Gasteiger partial charge in [-0.05, 0) is 40.0 Å². The average Bonchev–Trinajstić information content (AvgIpc) is 2.61. The summed E-state index contributed by atoms with van der Waals surface area (Å²) >= 11 is 0. The van der Waals surface area contributed by atoms with Crippen molar-refractivity contribution in [3.8, 4) is 0 Å². The lowest BCUT2D eigenvalue weighted by Crippen LogP contribution is -2.46. The highest BCUT2D eigenvalue weighted by Gasteiger charge is 2.28. The number of likely N-dealkylation sites (N-methyl/N-ethyl adjacent to an activating group) is 1. The summed E-state index contributed by atoms with van der Waals surface area (Å²) in [5, 5.41) is 0.824. The van der Waals surface area contributed by atoms with Crippen molar-refractivity contribution in [2.45, 2.75) is 27.3 Å². The van der Waals surface area contributed by atoms with Gasteiger partial charge in [0.1, 0.15) is 11.2 Å². The molecule has 0 aliphatic carbocycles. The van der Waals surface area contributed by atoms with Crippen LogP contribution in [0.2, 0.25) is 0 Å². The first-order chi connectivity index (χ1) is 12.5. The Kier molecular flexibility index (Phi) is 5.27. The maximum atomic E-state index is 13.2. The quantitative estimate of drug-likeness (QED) is 0.775. The molecule has 0 N–H and O–H groups in total. The molecule has 2 aromatic rings. The summed E-state index contributed by atoms with van der Waals surface area (Å²) < 4.78 is 6.79. The highest BCUT2D eigenvalue weighted by Crippen LogP contribution is 2.30. The van der Waals surface area contributed by atoms with Crippen LogP contribution in [0.4, 0.5) is 5.69 Å². The zero-order valence-corrected chi connectivity index (χ0v) is 15.9. The molecular weight excluding hydrogens is 332 g/mol. The molecule has 3 rings (SSSR count). The number of pyridine rings is 2. The van der Waals surface area contributed by atoms with E-state index in [1.165, 1.54) is 0 Å². The van der Waals surface area contributed by atoms with Crippen molar-refractivity contribution in [3.63, 3.8) is 0 Å². The van der Waals surface area contributed by atoms with E-state index in [1.54, 1.807) is 11.5 Å². The summed E-state index contributed by atoms with van der Waals surface area (Å²) in [5.74, 6) is -0.559. The molecule has 7 heteroatoms. The number of hydrogen-bond acceptors (Lipinski definition) is 6. The highest BCUT2D eigenvalue weighted by molar-refractivity contribution is 6.04. The Morgan fingerprint density at radius 1 is 1.19 bits per heavy atom. The molecule has 0 radical (unpaired) electrons. The van der Waals surface area contributed by atoms with Gasteiger partial charge in [-0.3, -0.25) is 9.36 Å². The zero-order chi connectivity index (χ0) is 18.8. The predicted octanol–water partition coefficient (Wildman–Crippen LogP) is 1.65. The van der Waals surface area contributed by atoms with Crippen LogP contribution in [-0.4, -0.2) is 60.3 Å². The van der Waals surface area contributed by atoms with Gasteiger partial charge in [0.2, 0.25) is 0 Å². The van der Waals surface area contributed by atoms with E-state index in [9.17, 15) is 9.59 Å². The van der Waals surface area contributed by atoms with Gasteiger partial charge in [0.25, 0.3) is 5.56 Å². The van der Waals surface area contributed by atoms with Crippen molar-refractivity contribution in [3.05, 3.63) is 33.7 Å². The summed E-state index contributed by atoms with van der Waals surface area (Å²) in [4.78, 5) is 34.8. The molecule has 0 amide bonds. The van der Waals surface area contributed by atoms with Crippen molar-refractivity contribution in [1.82, 2.24) is 14.5 Å². The lowest BCUT2D eigenvalue weighted by molar-refractivity contribution is 0.0524. The Morgan fingerprint density at radius 2 is 1.88 bits per heavy atom. The maximum absolute atomic E-state index is 13.2. The van der Waals surface area contributed by atoms with Gasteiger partial charge in [-0.1, -0.05) is 0 Å². The number of anilines is 1. The number of carbonyl (C=O) groups excluding carboxylic acids is 1. The van der Waals surface area contributed by atoms with Gasteiger partial charge in [-0.2, -0.15) is 0 Å². The van der Waals surface area contributed by atoms with E-state index < -0.39 is 5.97 Å². The number of esters is 1. The monoisotopic (exact) mass is 358 g/mol. The summed E-state index contributed by atoms with van der Waals surface area (Å²) in [6, 6.07) is 3.88. The molecule has 0 aromatic carbocycles. The van der Waals surface area contributed by atoms with Crippen molar-refractivity contribution in [2.75, 3.05) is 44.7 Å². The molecule has 0 unspecified atom stereocenters. The number of piperazine rings is 1. The maximum Gasteiger partial charge on any atom is 0.345 e. The third kappa shape index (κ3) is 3.19. The van der Waals surface area contributed by atoms with Gasteiger partial charge in [0.15, 0.2) is 0 Å². The molecule has 1 fully saturated rings. The van der Waals surface area contributed by atoms with Crippen LogP contribution in [0.3, 0.4) is 0 Å². The van der Waals surface area contributed by atoms with Crippen molar-refractivity contribution in [1.29, 1.82) is 0 Å². The van der Waals surface area contributed by atoms with Crippen molar-refractivity contribution < 1.29 is 9.53 Å². The molecule has 0 spiro atoms. The van der Waals surface area contributed by atoms with Gasteiger partial charge >= 0.3 is 5.97 Å². The zero-order valence-electron chi connectivity index (χ0n) is 15.9. The molecule has 1 saturated heterocycles. The van der Waals surface area contributed by atoms with Crippen LogP contribution in [0.25, 0.3) is 11.0 Å². The second kappa shape index (κ2) is 7.45. The standard InChI is InChI=1S/C19H26N4O3/c1-5-23-17-14(8-7-13(3)20-17)16(22-11-9-21(4)10-12-22)15(18(23)24)19(25)26-6-2/h7-8H,5-6,9-12H2,1-4H3. The minimum Gasteiger partial charge on any atom is -0.462 e. The van der Waals surface area contributed by atoms with Crippen LogP contribution in [0.1, 0.15) is 29.9 Å². The largest absolute Gasteiger partial charge is 0.462 e. The topological polar surface area (TPSA) is 67.7 Å². The second-order valence-corrected chi connectivity index (χ2v) is 6.61. The van der Waals surface area contributed by atoms with Gasteiger partial charge in [0, 0.05) is 43.8 Å². The SMILES string of the molecule is CCOC(=O)c1c(N2CCN(C)CC2)c2ccc(C)nc2n(CC)c1=O. The fourth-order valence-corrected chi connectivity index (χ4v) is 3.44. The second-order valence-electron chi connectivity index (χ2n) is 6.61. The third-order valence-electron chi connectivity index (χ3n) is 4.84. The van der Waals surface area contributed by atoms with Crippen molar-refractivity contribution >= 4 is 22.7 Å². The lowest BCUT2D eigenvalue weighted by atomic mass is 10.1. The van der Waals surface area contributed by atoms with E-state index in [0.29, 0.717) is 17.9 Å². The molecule has 0 saturated carbocycles. The number of carbonyl (C=O) groups is 1. The van der Waals surface area contributed by atoms with E-state index in [1.807, 2.05) is 26.0 Å². The molecule has 140 valence electrons. The number of fused-ring (bicyclic) bond motifs is 1. The van der Waals surface area contributed by atoms with Gasteiger partial charge in [0.05, 0.1) is 12.3 Å². The Labute approximate surface area is 153 Å². The average molecular weight is 358 g/mol. The van der Waals surface area contributed by atoms with E-state index in [0.717, 1.165) is 37.3 Å². The van der Waals surface area contributed by atoms with E-state index in [-0.39, 0.29) is 17.7 Å². The van der Waals surface area contributed by atoms with Crippen LogP contribution >= 0.6 is 0 Å². The van der Waals surface area contributed by atoms with Crippen molar-refractivity contribution in [2.24, 2.45) is 0 Å². The third-order valence-corrected chi connectivity index (χ3v) is 4.84. The van der Waals surface area contributed by atoms with Crippen LogP contribution < -0.4 is 10.5 Å². The molecule has 26 heavy (non-hydrogen) atoms. The minimum absolute atomic E-state index is 0.122. The normalized spacial score (nSPS) is 15.5. The Bertz CT molecular complexity index is 882. The first-order valence-electron chi connectivity index (χ1n) is 9.12. The highest BCUT2D eigenvalue weighted by atomic mass is 16.5. The molecule has 1 aliphatic heterocycles. The van der Waals surface area contributed by atoms with E-state index in [2.05, 4.69) is 21.8 Å². The van der Waals surface area contributed by atoms with Crippen LogP contribution in [0.15, 0.2) is 16.9 Å². The number of aryl methyl sites for hydroxylation is 2. The number of ether oxygens (including phenoxy) is 1. The fraction of sp³-hybridized carbons (Fsp3) is 0.526. The first kappa shape index (κ1) is 18.4. The molecule has 7 nitrogen and oxygen atoms in total. The Balaban J connectivity index is 2.32. The van der Waals surface area contributed by atoms with Gasteiger partial charge < -0.3 is 14.5 Å². The fourth-order valence-electron chi connectivity index (χ4n) is 3.44. The molecule has 0 bridgehead atoms. The number of hydrogen-bond donors (Lipinski definition) is 0. The first-order valence-corrected chi connectivity index (χ1v) is 9.12. The Hall–Kier alpha value is -2.41. The summed E-state index contributed by atoms with van der Waals surface area (Å²) in [5.41, 5.74) is 1.92. The van der Waals surface area contributed by atoms with E-state index in [4.69, 9.17) is 4.74 Å². The molecule has 1 aliphatic rings. The number of nitrogens with zero attached hydrogens (tertiary/aromatic N) is 4. The lowest BCUT2D eigenvalue weighted by Gasteiger charge is -2.35. The minimum atomic E-state index is -0.559. The summed E-state index contributed by atoms with van der Waals surface area (Å²) in [6.07, 6.45) is 0. The van der Waals surface area contributed by atoms with Crippen LogP contribution in [-0.2, 0) is 11.3 Å². The summed E-state index contributed by atoms with van der Waals surface area (Å²) in [7, 11) is 2.07. The molecule has 3 heterocycles. The molecule has 2 aromatic heterocycles. The van der Waals surface area contributed by atoms with Gasteiger partial charge in [-0.25, -0.2) is 9.78 Å². The molecule has 0 atom stereocenters. The van der Waals surface area contributed by atoms with Crippen LogP contribution in [0.5, 0.6) is 0 Å². The molecular formula is C19H26N4O3. The summed E-state index contributed by atoms with van der Waals surface area (Å²) in [6.45, 7) is 9.46. The van der Waals surface area contributed by atoms with E-state index >= 15 is 0 Å². The Morgan fingerprint density at radius 3 is 2.50 bits per heavy atom. The predicted molar refractivity (Wildman–Crippen MR) is 102 cm³/mol. The van der Waals surface area contributed by atoms with Crippen LogP contribution in [0, 0.1) is 6.92 Å². The smallest absolute Gasteiger partial charge is 0.345 e.